The molecule has 0 spiro atoms. The molecule has 7 nitrogen and oxygen atoms in total. The third-order valence-electron chi connectivity index (χ3n) is 4.17. The standard InChI is InChI=1S/C21H18FN3O4/c22-11-16-20(28)19(21(29)23-12-18(26)27)25-17(24-16)10-13-6-8-15(9-7-13)14-4-2-1-3-5-14/h1-9,28H,10-12H2,(H,23,29)(H,26,27). The van der Waals surface area contributed by atoms with Crippen LogP contribution in [0.3, 0.4) is 0 Å². The fourth-order valence-corrected chi connectivity index (χ4v) is 2.75. The molecule has 3 rings (SSSR count). The summed E-state index contributed by atoms with van der Waals surface area (Å²) in [5, 5.41) is 20.8. The molecule has 0 aliphatic heterocycles. The van der Waals surface area contributed by atoms with Crippen LogP contribution in [0, 0.1) is 0 Å². The first-order valence-corrected chi connectivity index (χ1v) is 8.77. The lowest BCUT2D eigenvalue weighted by Gasteiger charge is -2.10. The number of aliphatic carboxylic acids is 1. The van der Waals surface area contributed by atoms with Crippen LogP contribution in [0.5, 0.6) is 5.75 Å². The SMILES string of the molecule is O=C(O)CNC(=O)c1nc(Cc2ccc(-c3ccccc3)cc2)nc(CF)c1O. The van der Waals surface area contributed by atoms with E-state index in [1.165, 1.54) is 0 Å². The molecule has 0 fully saturated rings. The molecule has 1 aromatic heterocycles. The average Bonchev–Trinajstić information content (AvgIpc) is 2.74. The van der Waals surface area contributed by atoms with Crippen LogP contribution in [-0.2, 0) is 17.9 Å². The number of rotatable bonds is 7. The molecule has 3 N–H and O–H groups in total. The van der Waals surface area contributed by atoms with E-state index in [9.17, 15) is 19.1 Å². The first-order valence-electron chi connectivity index (χ1n) is 8.77. The Balaban J connectivity index is 1.84. The van der Waals surface area contributed by atoms with Gasteiger partial charge >= 0.3 is 5.97 Å². The van der Waals surface area contributed by atoms with E-state index in [-0.39, 0.29) is 17.9 Å². The summed E-state index contributed by atoms with van der Waals surface area (Å²) >= 11 is 0. The van der Waals surface area contributed by atoms with E-state index in [4.69, 9.17) is 5.11 Å². The van der Waals surface area contributed by atoms with Crippen LogP contribution in [0.1, 0.15) is 27.6 Å². The van der Waals surface area contributed by atoms with Gasteiger partial charge in [0.1, 0.15) is 24.7 Å². The highest BCUT2D eigenvalue weighted by molar-refractivity contribution is 5.96. The zero-order valence-electron chi connectivity index (χ0n) is 15.3. The number of hydrogen-bond acceptors (Lipinski definition) is 5. The number of carboxylic acids is 1. The maximum Gasteiger partial charge on any atom is 0.322 e. The Morgan fingerprint density at radius 2 is 1.62 bits per heavy atom. The molecule has 0 aliphatic carbocycles. The number of halogens is 1. The van der Waals surface area contributed by atoms with Gasteiger partial charge in [0, 0.05) is 6.42 Å². The van der Waals surface area contributed by atoms with Gasteiger partial charge < -0.3 is 15.5 Å². The molecule has 0 radical (unpaired) electrons. The molecule has 1 heterocycles. The molecule has 2 aromatic carbocycles. The minimum absolute atomic E-state index is 0.142. The van der Waals surface area contributed by atoms with E-state index in [0.29, 0.717) is 0 Å². The van der Waals surface area contributed by atoms with Gasteiger partial charge in [-0.3, -0.25) is 9.59 Å². The minimum atomic E-state index is -1.25. The summed E-state index contributed by atoms with van der Waals surface area (Å²) in [6.07, 6.45) is 0.210. The molecular formula is C21H18FN3O4. The van der Waals surface area contributed by atoms with Gasteiger partial charge in [0.25, 0.3) is 5.91 Å². The third-order valence-corrected chi connectivity index (χ3v) is 4.17. The van der Waals surface area contributed by atoms with Crippen LogP contribution in [0.15, 0.2) is 54.6 Å². The van der Waals surface area contributed by atoms with E-state index in [2.05, 4.69) is 15.3 Å². The van der Waals surface area contributed by atoms with E-state index < -0.39 is 36.5 Å². The van der Waals surface area contributed by atoms with E-state index in [1.54, 1.807) is 0 Å². The van der Waals surface area contributed by atoms with Crippen molar-refractivity contribution < 1.29 is 24.2 Å². The van der Waals surface area contributed by atoms with Gasteiger partial charge in [-0.2, -0.15) is 0 Å². The Morgan fingerprint density at radius 1 is 0.966 bits per heavy atom. The van der Waals surface area contributed by atoms with Crippen LogP contribution in [0.25, 0.3) is 11.1 Å². The van der Waals surface area contributed by atoms with Crippen molar-refractivity contribution >= 4 is 11.9 Å². The lowest BCUT2D eigenvalue weighted by molar-refractivity contribution is -0.135. The summed E-state index contributed by atoms with van der Waals surface area (Å²) < 4.78 is 13.2. The number of aromatic nitrogens is 2. The highest BCUT2D eigenvalue weighted by Crippen LogP contribution is 2.23. The number of amides is 1. The van der Waals surface area contributed by atoms with Crippen molar-refractivity contribution in [2.24, 2.45) is 0 Å². The van der Waals surface area contributed by atoms with Crippen molar-refractivity contribution in [2.75, 3.05) is 6.54 Å². The number of nitrogens with zero attached hydrogens (tertiary/aromatic N) is 2. The van der Waals surface area contributed by atoms with Crippen molar-refractivity contribution in [3.8, 4) is 16.9 Å². The molecule has 0 unspecified atom stereocenters. The summed E-state index contributed by atoms with van der Waals surface area (Å²) in [6, 6.07) is 17.4. The zero-order valence-corrected chi connectivity index (χ0v) is 15.3. The van der Waals surface area contributed by atoms with E-state index in [0.717, 1.165) is 16.7 Å². The van der Waals surface area contributed by atoms with Gasteiger partial charge in [-0.25, -0.2) is 14.4 Å². The molecule has 1 amide bonds. The predicted molar refractivity (Wildman–Crippen MR) is 103 cm³/mol. The fraction of sp³-hybridized carbons (Fsp3) is 0.143. The van der Waals surface area contributed by atoms with E-state index in [1.807, 2.05) is 54.6 Å². The second-order valence-electron chi connectivity index (χ2n) is 6.23. The second-order valence-corrected chi connectivity index (χ2v) is 6.23. The van der Waals surface area contributed by atoms with Gasteiger partial charge in [0.2, 0.25) is 0 Å². The van der Waals surface area contributed by atoms with Crippen LogP contribution in [-0.4, -0.2) is 38.6 Å². The van der Waals surface area contributed by atoms with Crippen LogP contribution >= 0.6 is 0 Å². The molecule has 0 atom stereocenters. The van der Waals surface area contributed by atoms with Crippen molar-refractivity contribution in [3.05, 3.63) is 77.4 Å². The summed E-state index contributed by atoms with van der Waals surface area (Å²) in [5.74, 6) is -2.72. The van der Waals surface area contributed by atoms with Crippen molar-refractivity contribution in [3.63, 3.8) is 0 Å². The Labute approximate surface area is 165 Å². The largest absolute Gasteiger partial charge is 0.504 e. The summed E-state index contributed by atoms with van der Waals surface area (Å²) in [4.78, 5) is 30.7. The maximum absolute atomic E-state index is 13.2. The summed E-state index contributed by atoms with van der Waals surface area (Å²) in [7, 11) is 0. The summed E-state index contributed by atoms with van der Waals surface area (Å²) in [6.45, 7) is -1.74. The number of carbonyl (C=O) groups excluding carboxylic acids is 1. The van der Waals surface area contributed by atoms with Crippen molar-refractivity contribution in [1.82, 2.24) is 15.3 Å². The highest BCUT2D eigenvalue weighted by atomic mass is 19.1. The normalized spacial score (nSPS) is 10.5. The Hall–Kier alpha value is -3.81. The number of carboxylic acid groups (broad SMARTS) is 1. The molecule has 0 saturated carbocycles. The van der Waals surface area contributed by atoms with Gasteiger partial charge in [-0.05, 0) is 16.7 Å². The number of alkyl halides is 1. The van der Waals surface area contributed by atoms with Crippen molar-refractivity contribution in [1.29, 1.82) is 0 Å². The second kappa shape index (κ2) is 8.92. The number of hydrogen-bond donors (Lipinski definition) is 3. The molecule has 0 saturated heterocycles. The van der Waals surface area contributed by atoms with E-state index >= 15 is 0 Å². The topological polar surface area (TPSA) is 112 Å². The van der Waals surface area contributed by atoms with Gasteiger partial charge in [-0.15, -0.1) is 0 Å². The monoisotopic (exact) mass is 395 g/mol. The number of benzene rings is 2. The molecule has 0 bridgehead atoms. The van der Waals surface area contributed by atoms with Crippen molar-refractivity contribution in [2.45, 2.75) is 13.1 Å². The third kappa shape index (κ3) is 4.92. The summed E-state index contributed by atoms with van der Waals surface area (Å²) in [5.41, 5.74) is 2.15. The zero-order chi connectivity index (χ0) is 20.8. The number of aromatic hydroxyl groups is 1. The number of nitrogens with one attached hydrogen (secondary N) is 1. The molecule has 8 heteroatoms. The minimum Gasteiger partial charge on any atom is -0.504 e. The molecule has 3 aromatic rings. The molecular weight excluding hydrogens is 377 g/mol. The van der Waals surface area contributed by atoms with Crippen LogP contribution < -0.4 is 5.32 Å². The van der Waals surface area contributed by atoms with Gasteiger partial charge in [-0.1, -0.05) is 54.6 Å². The van der Waals surface area contributed by atoms with Crippen LogP contribution in [0.2, 0.25) is 0 Å². The smallest absolute Gasteiger partial charge is 0.322 e. The Kier molecular flexibility index (Phi) is 6.13. The number of carbonyl (C=O) groups is 2. The molecule has 148 valence electrons. The van der Waals surface area contributed by atoms with Gasteiger partial charge in [0.15, 0.2) is 11.4 Å². The fourth-order valence-electron chi connectivity index (χ4n) is 2.75. The quantitative estimate of drug-likeness (QED) is 0.567. The lowest BCUT2D eigenvalue weighted by atomic mass is 10.0. The Bertz CT molecular complexity index is 1020. The average molecular weight is 395 g/mol. The molecule has 0 aliphatic rings. The lowest BCUT2D eigenvalue weighted by Crippen LogP contribution is -2.30. The predicted octanol–water partition coefficient (Wildman–Crippen LogP) is 2.72. The maximum atomic E-state index is 13.2. The Morgan fingerprint density at radius 3 is 2.24 bits per heavy atom. The van der Waals surface area contributed by atoms with Crippen LogP contribution in [0.4, 0.5) is 4.39 Å². The first kappa shape index (κ1) is 19.9. The first-order chi connectivity index (χ1) is 14.0. The highest BCUT2D eigenvalue weighted by Gasteiger charge is 2.20. The van der Waals surface area contributed by atoms with Gasteiger partial charge in [0.05, 0.1) is 0 Å². The molecule has 29 heavy (non-hydrogen) atoms.